The van der Waals surface area contributed by atoms with Gasteiger partial charge in [-0.05, 0) is 50.8 Å². The third-order valence-corrected chi connectivity index (χ3v) is 6.09. The highest BCUT2D eigenvalue weighted by Crippen LogP contribution is 2.28. The molecule has 140 valence electrons. The second kappa shape index (κ2) is 8.70. The van der Waals surface area contributed by atoms with E-state index in [4.69, 9.17) is 4.18 Å². The third-order valence-electron chi connectivity index (χ3n) is 4.94. The van der Waals surface area contributed by atoms with Crippen LogP contribution in [0.15, 0.2) is 24.3 Å². The van der Waals surface area contributed by atoms with Gasteiger partial charge in [0.1, 0.15) is 5.75 Å². The van der Waals surface area contributed by atoms with Crippen molar-refractivity contribution >= 4 is 16.0 Å². The molecule has 0 radical (unpaired) electrons. The Morgan fingerprint density at radius 3 is 2.56 bits per heavy atom. The van der Waals surface area contributed by atoms with Gasteiger partial charge in [0.05, 0.1) is 5.75 Å². The van der Waals surface area contributed by atoms with Gasteiger partial charge in [-0.3, -0.25) is 4.79 Å². The van der Waals surface area contributed by atoms with Crippen LogP contribution in [0.3, 0.4) is 0 Å². The first-order chi connectivity index (χ1) is 11.9. The Morgan fingerprint density at radius 2 is 1.96 bits per heavy atom. The summed E-state index contributed by atoms with van der Waals surface area (Å²) in [5.41, 5.74) is 0.885. The van der Waals surface area contributed by atoms with Crippen molar-refractivity contribution < 1.29 is 17.4 Å². The molecule has 1 aromatic rings. The van der Waals surface area contributed by atoms with Gasteiger partial charge in [-0.15, -0.1) is 0 Å². The second-order valence-corrected chi connectivity index (χ2v) is 8.64. The van der Waals surface area contributed by atoms with Crippen LogP contribution in [-0.2, 0) is 21.5 Å². The van der Waals surface area contributed by atoms with Crippen molar-refractivity contribution in [1.82, 2.24) is 4.90 Å². The van der Waals surface area contributed by atoms with Crippen LogP contribution < -0.4 is 4.18 Å². The summed E-state index contributed by atoms with van der Waals surface area (Å²) < 4.78 is 28.4. The Labute approximate surface area is 151 Å². The van der Waals surface area contributed by atoms with Crippen LogP contribution in [0.25, 0.3) is 0 Å². The lowest BCUT2D eigenvalue weighted by Crippen LogP contribution is -2.40. The quantitative estimate of drug-likeness (QED) is 0.657. The molecule has 2 rings (SSSR count). The highest BCUT2D eigenvalue weighted by atomic mass is 32.2. The molecule has 5 nitrogen and oxygen atoms in total. The Balaban J connectivity index is 2.16. The Bertz CT molecular complexity index is 680. The van der Waals surface area contributed by atoms with Crippen LogP contribution in [0.4, 0.5) is 0 Å². The van der Waals surface area contributed by atoms with E-state index in [1.807, 2.05) is 11.0 Å². The molecule has 1 aromatic carbocycles. The summed E-state index contributed by atoms with van der Waals surface area (Å²) in [5, 5.41) is 0. The van der Waals surface area contributed by atoms with Gasteiger partial charge < -0.3 is 9.08 Å². The highest BCUT2D eigenvalue weighted by Gasteiger charge is 2.29. The van der Waals surface area contributed by atoms with Crippen molar-refractivity contribution in [2.45, 2.75) is 65.5 Å². The zero-order valence-electron chi connectivity index (χ0n) is 15.4. The van der Waals surface area contributed by atoms with Crippen LogP contribution >= 0.6 is 0 Å². The minimum atomic E-state index is -3.55. The number of carbonyl (C=O) groups excluding carboxylic acids is 1. The topological polar surface area (TPSA) is 63.7 Å². The molecule has 1 aliphatic carbocycles. The average molecular weight is 368 g/mol. The van der Waals surface area contributed by atoms with E-state index in [0.717, 1.165) is 37.7 Å². The van der Waals surface area contributed by atoms with E-state index in [-0.39, 0.29) is 23.6 Å². The van der Waals surface area contributed by atoms with Gasteiger partial charge in [-0.25, -0.2) is 0 Å². The monoisotopic (exact) mass is 367 g/mol. The van der Waals surface area contributed by atoms with E-state index in [1.54, 1.807) is 25.1 Å². The molecule has 1 unspecified atom stereocenters. The first kappa shape index (κ1) is 19.8. The molecule has 0 spiro atoms. The number of nitrogens with zero attached hydrogens (tertiary/aromatic N) is 1. The van der Waals surface area contributed by atoms with Crippen LogP contribution in [0.5, 0.6) is 5.75 Å². The zero-order chi connectivity index (χ0) is 18.4. The molecular weight excluding hydrogens is 338 g/mol. The first-order valence-electron chi connectivity index (χ1n) is 9.17. The number of hydrogen-bond donors (Lipinski definition) is 0. The minimum Gasteiger partial charge on any atom is -0.382 e. The molecule has 1 atom stereocenters. The highest BCUT2D eigenvalue weighted by molar-refractivity contribution is 7.87. The van der Waals surface area contributed by atoms with E-state index < -0.39 is 10.1 Å². The molecule has 0 bridgehead atoms. The second-order valence-electron chi connectivity index (χ2n) is 6.78. The van der Waals surface area contributed by atoms with Gasteiger partial charge in [0.2, 0.25) is 5.91 Å². The first-order valence-corrected chi connectivity index (χ1v) is 10.8. The van der Waals surface area contributed by atoms with Gasteiger partial charge in [0, 0.05) is 18.5 Å². The van der Waals surface area contributed by atoms with Gasteiger partial charge in [-0.2, -0.15) is 8.42 Å². The average Bonchev–Trinajstić information content (AvgIpc) is 3.13. The van der Waals surface area contributed by atoms with Gasteiger partial charge in [0.15, 0.2) is 0 Å². The number of rotatable bonds is 8. The molecule has 0 saturated heterocycles. The smallest absolute Gasteiger partial charge is 0.308 e. The normalized spacial score (nSPS) is 16.6. The van der Waals surface area contributed by atoms with E-state index >= 15 is 0 Å². The van der Waals surface area contributed by atoms with E-state index in [2.05, 4.69) is 13.8 Å². The predicted octanol–water partition coefficient (Wildman–Crippen LogP) is 3.73. The summed E-state index contributed by atoms with van der Waals surface area (Å²) >= 11 is 0. The number of amides is 1. The van der Waals surface area contributed by atoms with Crippen molar-refractivity contribution in [1.29, 1.82) is 0 Å². The number of carbonyl (C=O) groups is 1. The fraction of sp³-hybridized carbons (Fsp3) is 0.632. The number of benzene rings is 1. The van der Waals surface area contributed by atoms with E-state index in [1.165, 1.54) is 0 Å². The van der Waals surface area contributed by atoms with Crippen molar-refractivity contribution in [3.8, 4) is 5.75 Å². The van der Waals surface area contributed by atoms with Crippen LogP contribution in [0, 0.1) is 5.92 Å². The molecule has 6 heteroatoms. The summed E-state index contributed by atoms with van der Waals surface area (Å²) in [6.07, 6.45) is 5.10. The summed E-state index contributed by atoms with van der Waals surface area (Å²) in [6.45, 7) is 6.17. The van der Waals surface area contributed by atoms with Gasteiger partial charge in [0.25, 0.3) is 0 Å². The molecule has 1 saturated carbocycles. The molecule has 0 N–H and O–H groups in total. The summed E-state index contributed by atoms with van der Waals surface area (Å²) in [6, 6.07) is 7.16. The van der Waals surface area contributed by atoms with Crippen LogP contribution in [0.1, 0.15) is 58.4 Å². The lowest BCUT2D eigenvalue weighted by Gasteiger charge is -2.31. The third kappa shape index (κ3) is 5.46. The van der Waals surface area contributed by atoms with E-state index in [9.17, 15) is 13.2 Å². The zero-order valence-corrected chi connectivity index (χ0v) is 16.2. The van der Waals surface area contributed by atoms with Crippen LogP contribution in [0.2, 0.25) is 0 Å². The molecular formula is C19H29NO4S. The largest absolute Gasteiger partial charge is 0.382 e. The molecule has 0 aromatic heterocycles. The molecule has 0 aliphatic heterocycles. The molecule has 1 aliphatic rings. The maximum absolute atomic E-state index is 12.9. The van der Waals surface area contributed by atoms with Gasteiger partial charge in [-0.1, -0.05) is 31.9 Å². The van der Waals surface area contributed by atoms with Crippen molar-refractivity contribution in [3.63, 3.8) is 0 Å². The molecule has 25 heavy (non-hydrogen) atoms. The fourth-order valence-electron chi connectivity index (χ4n) is 3.18. The van der Waals surface area contributed by atoms with Crippen molar-refractivity contribution in [3.05, 3.63) is 29.8 Å². The maximum atomic E-state index is 12.9. The molecule has 1 fully saturated rings. The molecule has 0 heterocycles. The lowest BCUT2D eigenvalue weighted by molar-refractivity contribution is -0.138. The standard InChI is InChI=1S/C19H29NO4S/c1-4-15(3)20(19(21)17-10-6-7-11-17)14-16-9-8-12-18(13-16)24-25(22,23)5-2/h8-9,12-13,15,17H,4-7,10-11,14H2,1-3H3. The summed E-state index contributed by atoms with van der Waals surface area (Å²) in [7, 11) is -3.55. The maximum Gasteiger partial charge on any atom is 0.308 e. The van der Waals surface area contributed by atoms with E-state index in [0.29, 0.717) is 12.3 Å². The van der Waals surface area contributed by atoms with Crippen molar-refractivity contribution in [2.24, 2.45) is 5.92 Å². The summed E-state index contributed by atoms with van der Waals surface area (Å²) in [4.78, 5) is 14.8. The Kier molecular flexibility index (Phi) is 6.87. The van der Waals surface area contributed by atoms with Gasteiger partial charge >= 0.3 is 10.1 Å². The SMILES string of the molecule is CCC(C)N(Cc1cccc(OS(=O)(=O)CC)c1)C(=O)C1CCCC1. The lowest BCUT2D eigenvalue weighted by atomic mass is 10.0. The minimum absolute atomic E-state index is 0.0730. The van der Waals surface area contributed by atoms with Crippen LogP contribution in [-0.4, -0.2) is 31.0 Å². The Hall–Kier alpha value is -1.56. The fourth-order valence-corrected chi connectivity index (χ4v) is 3.69. The van der Waals surface area contributed by atoms with Crippen molar-refractivity contribution in [2.75, 3.05) is 5.75 Å². The predicted molar refractivity (Wildman–Crippen MR) is 98.8 cm³/mol. The number of hydrogen-bond acceptors (Lipinski definition) is 4. The summed E-state index contributed by atoms with van der Waals surface area (Å²) in [5.74, 6) is 0.584. The Morgan fingerprint density at radius 1 is 1.28 bits per heavy atom. The molecule has 1 amide bonds.